The maximum absolute atomic E-state index is 12.7. The largest absolute Gasteiger partial charge is 0.481 e. The van der Waals surface area contributed by atoms with Crippen LogP contribution in [0.25, 0.3) is 0 Å². The Labute approximate surface area is 147 Å². The van der Waals surface area contributed by atoms with E-state index in [1.807, 2.05) is 25.1 Å². The minimum Gasteiger partial charge on any atom is -0.481 e. The van der Waals surface area contributed by atoms with Crippen molar-refractivity contribution in [3.63, 3.8) is 0 Å². The van der Waals surface area contributed by atoms with E-state index in [1.165, 1.54) is 0 Å². The number of rotatable bonds is 4. The number of nitrogens with one attached hydrogen (secondary N) is 1. The highest BCUT2D eigenvalue weighted by Gasteiger charge is 2.42. The highest BCUT2D eigenvalue weighted by atomic mass is 16.4. The van der Waals surface area contributed by atoms with Crippen LogP contribution < -0.4 is 5.32 Å². The summed E-state index contributed by atoms with van der Waals surface area (Å²) in [7, 11) is 0. The molecule has 6 nitrogen and oxygen atoms in total. The monoisotopic (exact) mass is 344 g/mol. The fourth-order valence-electron chi connectivity index (χ4n) is 3.66. The number of carbonyl (C=O) groups is 3. The van der Waals surface area contributed by atoms with Gasteiger partial charge in [-0.3, -0.25) is 14.4 Å². The molecule has 1 aliphatic carbocycles. The smallest absolute Gasteiger partial charge is 0.306 e. The zero-order valence-corrected chi connectivity index (χ0v) is 14.4. The lowest BCUT2D eigenvalue weighted by Crippen LogP contribution is -2.56. The Morgan fingerprint density at radius 1 is 1.20 bits per heavy atom. The summed E-state index contributed by atoms with van der Waals surface area (Å²) in [5, 5.41) is 11.9. The third-order valence-electron chi connectivity index (χ3n) is 5.38. The average molecular weight is 344 g/mol. The molecule has 1 heterocycles. The third kappa shape index (κ3) is 3.67. The molecule has 1 aliphatic heterocycles. The molecule has 0 aromatic heterocycles. The fourth-order valence-corrected chi connectivity index (χ4v) is 3.66. The van der Waals surface area contributed by atoms with Gasteiger partial charge in [-0.25, -0.2) is 0 Å². The van der Waals surface area contributed by atoms with E-state index >= 15 is 0 Å². The Balaban J connectivity index is 1.60. The summed E-state index contributed by atoms with van der Waals surface area (Å²) in [5.74, 6) is -1.27. The average Bonchev–Trinajstić information content (AvgIpc) is 2.57. The number of likely N-dealkylation sites (tertiary alicyclic amines) is 1. The molecular formula is C19H24N2O4. The van der Waals surface area contributed by atoms with E-state index in [0.717, 1.165) is 12.8 Å². The van der Waals surface area contributed by atoms with Gasteiger partial charge in [0.15, 0.2) is 0 Å². The number of carbonyl (C=O) groups excluding carboxylic acids is 2. The Morgan fingerprint density at radius 2 is 1.88 bits per heavy atom. The second-order valence-electron chi connectivity index (χ2n) is 7.43. The standard InChI is InChI=1S/C19H24N2O4/c1-19(18(25)20-15-10-14(11-15)17(23)24)8-5-9-21(12-19)16(22)13-6-3-2-4-7-13/h2-4,6-7,14-15H,5,8-12H2,1H3,(H,20,25)(H,23,24). The SMILES string of the molecule is CC1(C(=O)NC2CC(C(=O)O)C2)CCCN(C(=O)c2ccccc2)C1. The molecule has 2 amide bonds. The van der Waals surface area contributed by atoms with Crippen LogP contribution in [0.3, 0.4) is 0 Å². The second kappa shape index (κ2) is 6.86. The third-order valence-corrected chi connectivity index (χ3v) is 5.38. The van der Waals surface area contributed by atoms with Gasteiger partial charge in [-0.2, -0.15) is 0 Å². The zero-order chi connectivity index (χ0) is 18.0. The van der Waals surface area contributed by atoms with Crippen LogP contribution >= 0.6 is 0 Å². The fraction of sp³-hybridized carbons (Fsp3) is 0.526. The quantitative estimate of drug-likeness (QED) is 0.873. The summed E-state index contributed by atoms with van der Waals surface area (Å²) in [6.07, 6.45) is 2.49. The van der Waals surface area contributed by atoms with Crippen molar-refractivity contribution >= 4 is 17.8 Å². The number of carboxylic acids is 1. The molecule has 1 atom stereocenters. The van der Waals surface area contributed by atoms with Crippen LogP contribution in [0.1, 0.15) is 43.0 Å². The van der Waals surface area contributed by atoms with Crippen LogP contribution in [0.5, 0.6) is 0 Å². The number of hydrogen-bond donors (Lipinski definition) is 2. The molecule has 25 heavy (non-hydrogen) atoms. The first kappa shape index (κ1) is 17.5. The van der Waals surface area contributed by atoms with E-state index in [9.17, 15) is 14.4 Å². The van der Waals surface area contributed by atoms with Crippen LogP contribution in [0.15, 0.2) is 30.3 Å². The lowest BCUT2D eigenvalue weighted by molar-refractivity contribution is -0.147. The number of amides is 2. The van der Waals surface area contributed by atoms with E-state index in [-0.39, 0.29) is 23.8 Å². The topological polar surface area (TPSA) is 86.7 Å². The normalized spacial score (nSPS) is 28.8. The van der Waals surface area contributed by atoms with Gasteiger partial charge in [0, 0.05) is 24.7 Å². The Morgan fingerprint density at radius 3 is 2.52 bits per heavy atom. The Kier molecular flexibility index (Phi) is 4.79. The molecule has 1 saturated heterocycles. The molecule has 2 fully saturated rings. The molecule has 0 radical (unpaired) electrons. The van der Waals surface area contributed by atoms with Crippen molar-refractivity contribution in [1.82, 2.24) is 10.2 Å². The molecular weight excluding hydrogens is 320 g/mol. The highest BCUT2D eigenvalue weighted by Crippen LogP contribution is 2.33. The van der Waals surface area contributed by atoms with Gasteiger partial charge in [-0.15, -0.1) is 0 Å². The molecule has 1 aromatic carbocycles. The molecule has 1 unspecified atom stereocenters. The van der Waals surface area contributed by atoms with Gasteiger partial charge in [0.1, 0.15) is 0 Å². The lowest BCUT2D eigenvalue weighted by Gasteiger charge is -2.41. The van der Waals surface area contributed by atoms with Gasteiger partial charge in [0.05, 0.1) is 11.3 Å². The molecule has 1 saturated carbocycles. The Hall–Kier alpha value is -2.37. The summed E-state index contributed by atoms with van der Waals surface area (Å²) >= 11 is 0. The van der Waals surface area contributed by atoms with Gasteiger partial charge in [0.25, 0.3) is 5.91 Å². The molecule has 2 aliphatic rings. The molecule has 6 heteroatoms. The van der Waals surface area contributed by atoms with E-state index in [4.69, 9.17) is 5.11 Å². The van der Waals surface area contributed by atoms with Crippen LogP contribution in [0.2, 0.25) is 0 Å². The predicted octanol–water partition coefficient (Wildman–Crippen LogP) is 1.91. The first-order chi connectivity index (χ1) is 11.9. The van der Waals surface area contributed by atoms with Crippen molar-refractivity contribution in [2.45, 2.75) is 38.6 Å². The van der Waals surface area contributed by atoms with Crippen LogP contribution in [-0.4, -0.2) is 46.9 Å². The van der Waals surface area contributed by atoms with Crippen LogP contribution in [0, 0.1) is 11.3 Å². The van der Waals surface area contributed by atoms with Crippen LogP contribution in [-0.2, 0) is 9.59 Å². The number of piperidine rings is 1. The summed E-state index contributed by atoms with van der Waals surface area (Å²) in [4.78, 5) is 38.0. The predicted molar refractivity (Wildman–Crippen MR) is 92.0 cm³/mol. The number of benzene rings is 1. The second-order valence-corrected chi connectivity index (χ2v) is 7.43. The maximum atomic E-state index is 12.7. The number of nitrogens with zero attached hydrogens (tertiary/aromatic N) is 1. The van der Waals surface area contributed by atoms with Crippen molar-refractivity contribution in [3.8, 4) is 0 Å². The first-order valence-electron chi connectivity index (χ1n) is 8.77. The first-order valence-corrected chi connectivity index (χ1v) is 8.77. The minimum atomic E-state index is -0.797. The van der Waals surface area contributed by atoms with Gasteiger partial charge < -0.3 is 15.3 Å². The van der Waals surface area contributed by atoms with Crippen molar-refractivity contribution < 1.29 is 19.5 Å². The summed E-state index contributed by atoms with van der Waals surface area (Å²) in [6.45, 7) is 2.93. The van der Waals surface area contributed by atoms with Crippen molar-refractivity contribution in [1.29, 1.82) is 0 Å². The van der Waals surface area contributed by atoms with E-state index in [1.54, 1.807) is 17.0 Å². The van der Waals surface area contributed by atoms with E-state index in [2.05, 4.69) is 5.32 Å². The molecule has 2 N–H and O–H groups in total. The van der Waals surface area contributed by atoms with E-state index in [0.29, 0.717) is 31.5 Å². The molecule has 0 spiro atoms. The van der Waals surface area contributed by atoms with Gasteiger partial charge >= 0.3 is 5.97 Å². The maximum Gasteiger partial charge on any atom is 0.306 e. The van der Waals surface area contributed by atoms with E-state index < -0.39 is 11.4 Å². The summed E-state index contributed by atoms with van der Waals surface area (Å²) in [6, 6.07) is 9.04. The van der Waals surface area contributed by atoms with Crippen molar-refractivity contribution in [2.75, 3.05) is 13.1 Å². The molecule has 134 valence electrons. The number of hydrogen-bond acceptors (Lipinski definition) is 3. The Bertz CT molecular complexity index is 669. The molecule has 1 aromatic rings. The van der Waals surface area contributed by atoms with Gasteiger partial charge in [-0.05, 0) is 44.7 Å². The van der Waals surface area contributed by atoms with Gasteiger partial charge in [0.2, 0.25) is 5.91 Å². The number of aliphatic carboxylic acids is 1. The van der Waals surface area contributed by atoms with Gasteiger partial charge in [-0.1, -0.05) is 18.2 Å². The summed E-state index contributed by atoms with van der Waals surface area (Å²) < 4.78 is 0. The molecule has 3 rings (SSSR count). The van der Waals surface area contributed by atoms with Crippen LogP contribution in [0.4, 0.5) is 0 Å². The molecule has 0 bridgehead atoms. The lowest BCUT2D eigenvalue weighted by atomic mass is 9.77. The summed E-state index contributed by atoms with van der Waals surface area (Å²) in [5.41, 5.74) is 0.00670. The minimum absolute atomic E-state index is 0.0473. The zero-order valence-electron chi connectivity index (χ0n) is 14.4. The number of carboxylic acid groups (broad SMARTS) is 1. The van der Waals surface area contributed by atoms with Crippen molar-refractivity contribution in [3.05, 3.63) is 35.9 Å². The highest BCUT2D eigenvalue weighted by molar-refractivity contribution is 5.95. The van der Waals surface area contributed by atoms with Crippen molar-refractivity contribution in [2.24, 2.45) is 11.3 Å².